The SMILES string of the molecule is COC(=O)c1ccc(C(C(N)=O)c2c[nH]c3ccccc23)cc1. The molecule has 0 aliphatic carbocycles. The zero-order valence-electron chi connectivity index (χ0n) is 12.6. The van der Waals surface area contributed by atoms with Gasteiger partial charge in [0.25, 0.3) is 0 Å². The van der Waals surface area contributed by atoms with E-state index in [-0.39, 0.29) is 0 Å². The van der Waals surface area contributed by atoms with Crippen molar-refractivity contribution in [3.05, 3.63) is 71.4 Å². The number of aromatic amines is 1. The summed E-state index contributed by atoms with van der Waals surface area (Å²) in [6, 6.07) is 14.4. The van der Waals surface area contributed by atoms with E-state index in [1.54, 1.807) is 30.5 Å². The summed E-state index contributed by atoms with van der Waals surface area (Å²) in [6.07, 6.45) is 1.80. The van der Waals surface area contributed by atoms with Crippen molar-refractivity contribution in [1.82, 2.24) is 4.98 Å². The van der Waals surface area contributed by atoms with Gasteiger partial charge in [-0.1, -0.05) is 30.3 Å². The summed E-state index contributed by atoms with van der Waals surface area (Å²) in [4.78, 5) is 26.7. The van der Waals surface area contributed by atoms with Crippen LogP contribution in [0.3, 0.4) is 0 Å². The molecule has 0 fully saturated rings. The van der Waals surface area contributed by atoms with Crippen LogP contribution >= 0.6 is 0 Å². The largest absolute Gasteiger partial charge is 0.465 e. The van der Waals surface area contributed by atoms with E-state index in [9.17, 15) is 9.59 Å². The summed E-state index contributed by atoms with van der Waals surface area (Å²) < 4.78 is 4.68. The number of hydrogen-bond donors (Lipinski definition) is 2. The van der Waals surface area contributed by atoms with Crippen LogP contribution in [-0.2, 0) is 9.53 Å². The number of nitrogens with one attached hydrogen (secondary N) is 1. The Bertz CT molecular complexity index is 865. The van der Waals surface area contributed by atoms with E-state index < -0.39 is 17.8 Å². The number of H-pyrrole nitrogens is 1. The lowest BCUT2D eigenvalue weighted by Crippen LogP contribution is -2.22. The van der Waals surface area contributed by atoms with Gasteiger partial charge < -0.3 is 15.5 Å². The molecule has 1 unspecified atom stereocenters. The Morgan fingerprint density at radius 1 is 1.09 bits per heavy atom. The third-order valence-electron chi connectivity index (χ3n) is 3.88. The van der Waals surface area contributed by atoms with Gasteiger partial charge in [-0.05, 0) is 29.3 Å². The zero-order valence-corrected chi connectivity index (χ0v) is 12.6. The summed E-state index contributed by atoms with van der Waals surface area (Å²) in [5.74, 6) is -1.45. The van der Waals surface area contributed by atoms with E-state index in [0.29, 0.717) is 5.56 Å². The Morgan fingerprint density at radius 3 is 2.43 bits per heavy atom. The first-order valence-corrected chi connectivity index (χ1v) is 7.15. The summed E-state index contributed by atoms with van der Waals surface area (Å²) >= 11 is 0. The molecule has 116 valence electrons. The van der Waals surface area contributed by atoms with Crippen molar-refractivity contribution in [2.75, 3.05) is 7.11 Å². The average molecular weight is 308 g/mol. The Labute approximate surface area is 133 Å². The minimum Gasteiger partial charge on any atom is -0.465 e. The fourth-order valence-electron chi connectivity index (χ4n) is 2.76. The molecule has 1 aromatic heterocycles. The second kappa shape index (κ2) is 5.96. The lowest BCUT2D eigenvalue weighted by molar-refractivity contribution is -0.118. The van der Waals surface area contributed by atoms with Crippen LogP contribution in [-0.4, -0.2) is 24.0 Å². The van der Waals surface area contributed by atoms with Gasteiger partial charge in [-0.15, -0.1) is 0 Å². The maximum absolute atomic E-state index is 12.0. The van der Waals surface area contributed by atoms with Crippen molar-refractivity contribution in [1.29, 1.82) is 0 Å². The van der Waals surface area contributed by atoms with E-state index in [4.69, 9.17) is 5.73 Å². The van der Waals surface area contributed by atoms with E-state index in [1.165, 1.54) is 7.11 Å². The molecule has 0 bridgehead atoms. The van der Waals surface area contributed by atoms with Gasteiger partial charge in [0, 0.05) is 17.1 Å². The van der Waals surface area contributed by atoms with Gasteiger partial charge in [-0.3, -0.25) is 4.79 Å². The van der Waals surface area contributed by atoms with Crippen LogP contribution in [0.5, 0.6) is 0 Å². The molecule has 0 saturated heterocycles. The monoisotopic (exact) mass is 308 g/mol. The number of aromatic nitrogens is 1. The van der Waals surface area contributed by atoms with Gasteiger partial charge in [-0.2, -0.15) is 0 Å². The lowest BCUT2D eigenvalue weighted by Gasteiger charge is -2.14. The van der Waals surface area contributed by atoms with Gasteiger partial charge in [0.15, 0.2) is 0 Å². The number of methoxy groups -OCH3 is 1. The summed E-state index contributed by atoms with van der Waals surface area (Å²) in [7, 11) is 1.33. The number of esters is 1. The number of amides is 1. The fourth-order valence-corrected chi connectivity index (χ4v) is 2.76. The standard InChI is InChI=1S/C18H16N2O3/c1-23-18(22)12-8-6-11(7-9-12)16(17(19)21)14-10-20-15-5-3-2-4-13(14)15/h2-10,16,20H,1H3,(H2,19,21). The molecule has 1 heterocycles. The molecular weight excluding hydrogens is 292 g/mol. The van der Waals surface area contributed by atoms with Gasteiger partial charge in [0.1, 0.15) is 0 Å². The summed E-state index contributed by atoms with van der Waals surface area (Å²) in [6.45, 7) is 0. The Balaban J connectivity index is 2.06. The normalized spacial score (nSPS) is 12.0. The second-order valence-corrected chi connectivity index (χ2v) is 5.24. The molecule has 3 N–H and O–H groups in total. The van der Waals surface area contributed by atoms with Crippen LogP contribution in [0.15, 0.2) is 54.7 Å². The van der Waals surface area contributed by atoms with Crippen molar-refractivity contribution in [2.45, 2.75) is 5.92 Å². The molecule has 3 aromatic rings. The molecule has 5 heteroatoms. The number of rotatable bonds is 4. The highest BCUT2D eigenvalue weighted by Crippen LogP contribution is 2.30. The van der Waals surface area contributed by atoms with Crippen LogP contribution in [0.2, 0.25) is 0 Å². The van der Waals surface area contributed by atoms with Gasteiger partial charge in [0.2, 0.25) is 5.91 Å². The number of benzene rings is 2. The molecule has 0 radical (unpaired) electrons. The van der Waals surface area contributed by atoms with E-state index >= 15 is 0 Å². The van der Waals surface area contributed by atoms with E-state index in [0.717, 1.165) is 22.0 Å². The number of hydrogen-bond acceptors (Lipinski definition) is 3. The summed E-state index contributed by atoms with van der Waals surface area (Å²) in [5, 5.41) is 0.952. The average Bonchev–Trinajstić information content (AvgIpc) is 2.99. The highest BCUT2D eigenvalue weighted by atomic mass is 16.5. The molecule has 5 nitrogen and oxygen atoms in total. The minimum absolute atomic E-state index is 0.417. The first-order chi connectivity index (χ1) is 11.1. The van der Waals surface area contributed by atoms with Crippen LogP contribution in [0.4, 0.5) is 0 Å². The van der Waals surface area contributed by atoms with Crippen LogP contribution in [0.25, 0.3) is 10.9 Å². The van der Waals surface area contributed by atoms with Crippen molar-refractivity contribution in [3.63, 3.8) is 0 Å². The maximum Gasteiger partial charge on any atom is 0.337 e. The highest BCUT2D eigenvalue weighted by Gasteiger charge is 2.23. The number of ether oxygens (including phenoxy) is 1. The highest BCUT2D eigenvalue weighted by molar-refractivity contribution is 5.94. The Morgan fingerprint density at radius 2 is 1.78 bits per heavy atom. The van der Waals surface area contributed by atoms with Crippen molar-refractivity contribution in [2.24, 2.45) is 5.73 Å². The molecule has 3 rings (SSSR count). The molecule has 23 heavy (non-hydrogen) atoms. The van der Waals surface area contributed by atoms with E-state index in [2.05, 4.69) is 9.72 Å². The number of carbonyl (C=O) groups is 2. The Hall–Kier alpha value is -3.08. The van der Waals surface area contributed by atoms with Crippen LogP contribution in [0, 0.1) is 0 Å². The lowest BCUT2D eigenvalue weighted by atomic mass is 9.90. The quantitative estimate of drug-likeness (QED) is 0.726. The number of carbonyl (C=O) groups excluding carboxylic acids is 2. The summed E-state index contributed by atoms with van der Waals surface area (Å²) in [5.41, 5.74) is 8.55. The van der Waals surface area contributed by atoms with Gasteiger partial charge in [-0.25, -0.2) is 4.79 Å². The molecule has 2 aromatic carbocycles. The Kier molecular flexibility index (Phi) is 3.85. The first-order valence-electron chi connectivity index (χ1n) is 7.15. The predicted molar refractivity (Wildman–Crippen MR) is 87.1 cm³/mol. The third kappa shape index (κ3) is 2.68. The van der Waals surface area contributed by atoms with Crippen molar-refractivity contribution >= 4 is 22.8 Å². The van der Waals surface area contributed by atoms with Crippen LogP contribution < -0.4 is 5.73 Å². The maximum atomic E-state index is 12.0. The number of nitrogens with two attached hydrogens (primary N) is 1. The van der Waals surface area contributed by atoms with Crippen molar-refractivity contribution < 1.29 is 14.3 Å². The third-order valence-corrected chi connectivity index (χ3v) is 3.88. The molecule has 0 spiro atoms. The topological polar surface area (TPSA) is 85.2 Å². The van der Waals surface area contributed by atoms with Gasteiger partial charge >= 0.3 is 5.97 Å². The smallest absolute Gasteiger partial charge is 0.337 e. The first kappa shape index (κ1) is 14.8. The minimum atomic E-state index is -0.585. The van der Waals surface area contributed by atoms with E-state index in [1.807, 2.05) is 24.3 Å². The molecule has 0 aliphatic rings. The van der Waals surface area contributed by atoms with Crippen molar-refractivity contribution in [3.8, 4) is 0 Å². The predicted octanol–water partition coefficient (Wildman–Crippen LogP) is 2.57. The van der Waals surface area contributed by atoms with Gasteiger partial charge in [0.05, 0.1) is 18.6 Å². The zero-order chi connectivity index (χ0) is 16.4. The number of para-hydroxylation sites is 1. The molecule has 0 saturated carbocycles. The molecular formula is C18H16N2O3. The number of fused-ring (bicyclic) bond motifs is 1. The van der Waals surface area contributed by atoms with Crippen LogP contribution in [0.1, 0.15) is 27.4 Å². The molecule has 0 aliphatic heterocycles. The second-order valence-electron chi connectivity index (χ2n) is 5.24. The molecule has 1 atom stereocenters. The molecule has 1 amide bonds. The fraction of sp³-hybridized carbons (Fsp3) is 0.111. The number of primary amides is 1.